The van der Waals surface area contributed by atoms with Crippen molar-refractivity contribution in [3.8, 4) is 0 Å². The highest BCUT2D eigenvalue weighted by atomic mass is 35.5. The van der Waals surface area contributed by atoms with E-state index in [-0.39, 0.29) is 12.5 Å². The summed E-state index contributed by atoms with van der Waals surface area (Å²) >= 11 is 11.6. The summed E-state index contributed by atoms with van der Waals surface area (Å²) in [6, 6.07) is 12.1. The van der Waals surface area contributed by atoms with Gasteiger partial charge in [0.05, 0.1) is 17.3 Å². The molecule has 4 nitrogen and oxygen atoms in total. The van der Waals surface area contributed by atoms with Crippen LogP contribution in [0.5, 0.6) is 0 Å². The number of nitrogens with one attached hydrogen (secondary N) is 1. The first kappa shape index (κ1) is 15.6. The molecule has 0 unspecified atom stereocenters. The molecule has 0 saturated carbocycles. The van der Waals surface area contributed by atoms with Gasteiger partial charge in [-0.2, -0.15) is 0 Å². The second kappa shape index (κ2) is 7.31. The first-order valence-corrected chi connectivity index (χ1v) is 6.97. The lowest BCUT2D eigenvalue weighted by atomic mass is 10.2. The van der Waals surface area contributed by atoms with Crippen molar-refractivity contribution in [2.24, 2.45) is 0 Å². The van der Waals surface area contributed by atoms with E-state index in [9.17, 15) is 4.79 Å². The van der Waals surface area contributed by atoms with Gasteiger partial charge in [-0.25, -0.2) is 0 Å². The molecule has 1 amide bonds. The number of anilines is 2. The third-order valence-electron chi connectivity index (χ3n) is 2.69. The average Bonchev–Trinajstić information content (AvgIpc) is 2.45. The Labute approximate surface area is 132 Å². The van der Waals surface area contributed by atoms with E-state index in [1.807, 2.05) is 12.1 Å². The highest BCUT2D eigenvalue weighted by Crippen LogP contribution is 2.22. The summed E-state index contributed by atoms with van der Waals surface area (Å²) in [5.41, 5.74) is 7.60. The molecule has 6 heteroatoms. The van der Waals surface area contributed by atoms with Gasteiger partial charge in [0.1, 0.15) is 6.61 Å². The van der Waals surface area contributed by atoms with Crippen LogP contribution in [0.3, 0.4) is 0 Å². The van der Waals surface area contributed by atoms with Crippen LogP contribution < -0.4 is 11.1 Å². The van der Waals surface area contributed by atoms with E-state index in [2.05, 4.69) is 5.32 Å². The lowest BCUT2D eigenvalue weighted by molar-refractivity contribution is -0.121. The first-order chi connectivity index (χ1) is 10.0. The van der Waals surface area contributed by atoms with E-state index < -0.39 is 0 Å². The van der Waals surface area contributed by atoms with E-state index in [4.69, 9.17) is 33.7 Å². The summed E-state index contributed by atoms with van der Waals surface area (Å²) in [6.07, 6.45) is 0. The standard InChI is InChI=1S/C15H14Cl2N2O2/c16-11-3-1-10(2-4-11)8-21-9-15(20)19-12-5-6-13(17)14(18)7-12/h1-7H,8-9,18H2,(H,19,20). The highest BCUT2D eigenvalue weighted by Gasteiger charge is 2.04. The van der Waals surface area contributed by atoms with Gasteiger partial charge in [-0.15, -0.1) is 0 Å². The second-order valence-corrected chi connectivity index (χ2v) is 5.25. The summed E-state index contributed by atoms with van der Waals surface area (Å²) < 4.78 is 5.34. The van der Waals surface area contributed by atoms with Crippen LogP contribution in [0.1, 0.15) is 5.56 Å². The number of carbonyl (C=O) groups is 1. The van der Waals surface area contributed by atoms with Crippen molar-refractivity contribution in [2.75, 3.05) is 17.7 Å². The zero-order chi connectivity index (χ0) is 15.2. The molecule has 3 N–H and O–H groups in total. The number of benzene rings is 2. The minimum Gasteiger partial charge on any atom is -0.397 e. The monoisotopic (exact) mass is 324 g/mol. The molecule has 110 valence electrons. The van der Waals surface area contributed by atoms with Gasteiger partial charge in [0.15, 0.2) is 0 Å². The van der Waals surface area contributed by atoms with Crippen molar-refractivity contribution in [1.82, 2.24) is 0 Å². The Kier molecular flexibility index (Phi) is 5.44. The molecule has 2 aromatic rings. The van der Waals surface area contributed by atoms with Crippen LogP contribution in [0.25, 0.3) is 0 Å². The third kappa shape index (κ3) is 4.93. The van der Waals surface area contributed by atoms with Crippen LogP contribution in [-0.2, 0) is 16.1 Å². The number of carbonyl (C=O) groups excluding carboxylic acids is 1. The lowest BCUT2D eigenvalue weighted by Crippen LogP contribution is -2.18. The Bertz CT molecular complexity index is 630. The number of ether oxygens (including phenoxy) is 1. The normalized spacial score (nSPS) is 10.4. The average molecular weight is 325 g/mol. The Morgan fingerprint density at radius 1 is 1.14 bits per heavy atom. The smallest absolute Gasteiger partial charge is 0.250 e. The number of rotatable bonds is 5. The SMILES string of the molecule is Nc1cc(NC(=O)COCc2ccc(Cl)cc2)ccc1Cl. The van der Waals surface area contributed by atoms with E-state index in [1.54, 1.807) is 30.3 Å². The molecule has 2 aromatic carbocycles. The topological polar surface area (TPSA) is 64.3 Å². The van der Waals surface area contributed by atoms with Gasteiger partial charge < -0.3 is 15.8 Å². The van der Waals surface area contributed by atoms with Crippen LogP contribution in [0.15, 0.2) is 42.5 Å². The van der Waals surface area contributed by atoms with Crippen LogP contribution in [-0.4, -0.2) is 12.5 Å². The predicted octanol–water partition coefficient (Wildman–Crippen LogP) is 3.73. The molecule has 0 aliphatic rings. The molecule has 0 bridgehead atoms. The van der Waals surface area contributed by atoms with Crippen molar-refractivity contribution >= 4 is 40.5 Å². The number of amides is 1. The van der Waals surface area contributed by atoms with Crippen LogP contribution in [0, 0.1) is 0 Å². The third-order valence-corrected chi connectivity index (χ3v) is 3.29. The highest BCUT2D eigenvalue weighted by molar-refractivity contribution is 6.33. The molecule has 0 radical (unpaired) electrons. The number of halogens is 2. The summed E-state index contributed by atoms with van der Waals surface area (Å²) in [5, 5.41) is 3.80. The largest absolute Gasteiger partial charge is 0.397 e. The molecule has 0 aliphatic carbocycles. The van der Waals surface area contributed by atoms with E-state index in [0.29, 0.717) is 28.0 Å². The maximum atomic E-state index is 11.7. The van der Waals surface area contributed by atoms with Crippen LogP contribution in [0.4, 0.5) is 11.4 Å². The van der Waals surface area contributed by atoms with Crippen molar-refractivity contribution in [1.29, 1.82) is 0 Å². The molecule has 0 aliphatic heterocycles. The zero-order valence-corrected chi connectivity index (χ0v) is 12.6. The van der Waals surface area contributed by atoms with Crippen molar-refractivity contribution in [3.05, 3.63) is 58.1 Å². The molecule has 0 atom stereocenters. The fourth-order valence-electron chi connectivity index (χ4n) is 1.66. The zero-order valence-electron chi connectivity index (χ0n) is 11.1. The van der Waals surface area contributed by atoms with Gasteiger partial charge in [-0.1, -0.05) is 35.3 Å². The second-order valence-electron chi connectivity index (χ2n) is 4.40. The number of nitrogens with two attached hydrogens (primary N) is 1. The van der Waals surface area contributed by atoms with Gasteiger partial charge >= 0.3 is 0 Å². The molecule has 0 saturated heterocycles. The Hall–Kier alpha value is -1.75. The van der Waals surface area contributed by atoms with Gasteiger partial charge in [-0.3, -0.25) is 4.79 Å². The van der Waals surface area contributed by atoms with Crippen molar-refractivity contribution < 1.29 is 9.53 Å². The molecule has 0 spiro atoms. The van der Waals surface area contributed by atoms with Gasteiger partial charge in [-0.05, 0) is 35.9 Å². The molecule has 21 heavy (non-hydrogen) atoms. The number of nitrogen functional groups attached to an aromatic ring is 1. The van der Waals surface area contributed by atoms with E-state index >= 15 is 0 Å². The Morgan fingerprint density at radius 2 is 1.86 bits per heavy atom. The van der Waals surface area contributed by atoms with E-state index in [1.165, 1.54) is 0 Å². The lowest BCUT2D eigenvalue weighted by Gasteiger charge is -2.08. The van der Waals surface area contributed by atoms with Crippen molar-refractivity contribution in [2.45, 2.75) is 6.61 Å². The molecule has 0 heterocycles. The van der Waals surface area contributed by atoms with Crippen molar-refractivity contribution in [3.63, 3.8) is 0 Å². The molecule has 2 rings (SSSR count). The summed E-state index contributed by atoms with van der Waals surface area (Å²) in [7, 11) is 0. The maximum absolute atomic E-state index is 11.7. The summed E-state index contributed by atoms with van der Waals surface area (Å²) in [5.74, 6) is -0.259. The first-order valence-electron chi connectivity index (χ1n) is 6.21. The predicted molar refractivity (Wildman–Crippen MR) is 85.6 cm³/mol. The summed E-state index contributed by atoms with van der Waals surface area (Å²) in [6.45, 7) is 0.290. The Balaban J connectivity index is 1.79. The van der Waals surface area contributed by atoms with Crippen LogP contribution >= 0.6 is 23.2 Å². The van der Waals surface area contributed by atoms with Gasteiger partial charge in [0, 0.05) is 10.7 Å². The molecular weight excluding hydrogens is 311 g/mol. The minimum atomic E-state index is -0.259. The maximum Gasteiger partial charge on any atom is 0.250 e. The molecular formula is C15H14Cl2N2O2. The molecule has 0 fully saturated rings. The quantitative estimate of drug-likeness (QED) is 0.823. The summed E-state index contributed by atoms with van der Waals surface area (Å²) in [4.78, 5) is 11.7. The Morgan fingerprint density at radius 3 is 2.52 bits per heavy atom. The number of hydrogen-bond acceptors (Lipinski definition) is 3. The fourth-order valence-corrected chi connectivity index (χ4v) is 1.90. The fraction of sp³-hybridized carbons (Fsp3) is 0.133. The van der Waals surface area contributed by atoms with Crippen LogP contribution in [0.2, 0.25) is 10.0 Å². The van der Waals surface area contributed by atoms with Gasteiger partial charge in [0.2, 0.25) is 5.91 Å². The van der Waals surface area contributed by atoms with Gasteiger partial charge in [0.25, 0.3) is 0 Å². The minimum absolute atomic E-state index is 0.0504. The van der Waals surface area contributed by atoms with E-state index in [0.717, 1.165) is 5.56 Å². The molecule has 0 aromatic heterocycles. The number of hydrogen-bond donors (Lipinski definition) is 2.